The average molecular weight is 846 g/mol. The molecule has 0 bridgehead atoms. The average Bonchev–Trinajstić information content (AvgIpc) is 3.47. The maximum atomic E-state index is 13.2. The first-order chi connectivity index (χ1) is 28.4. The van der Waals surface area contributed by atoms with Gasteiger partial charge in [-0.3, -0.25) is 34.2 Å². The number of ether oxygens (including phenoxy) is 10. The van der Waals surface area contributed by atoms with Gasteiger partial charge in [-0.1, -0.05) is 12.5 Å². The predicted octanol–water partition coefficient (Wildman–Crippen LogP) is 1.99. The zero-order chi connectivity index (χ0) is 41.5. The molecule has 0 saturated carbocycles. The highest BCUT2D eigenvalue weighted by Gasteiger charge is 2.45. The van der Waals surface area contributed by atoms with E-state index in [-0.39, 0.29) is 42.0 Å². The van der Waals surface area contributed by atoms with Crippen LogP contribution in [0.25, 0.3) is 0 Å². The Hall–Kier alpha value is -3.14. The lowest BCUT2D eigenvalue weighted by atomic mass is 10.0. The predicted molar refractivity (Wildman–Crippen MR) is 209 cm³/mol. The SMILES string of the molecule is O=C1CCC(N2C(=O)c3cccc(NC(=O)CCCCCOCCOCCOCCOCCOCCOCCOCCOCCOCCOCCCl)c3C2=O)C(=O)N1. The fourth-order valence-electron chi connectivity index (χ4n) is 5.63. The van der Waals surface area contributed by atoms with Gasteiger partial charge < -0.3 is 52.7 Å². The summed E-state index contributed by atoms with van der Waals surface area (Å²) >= 11 is 5.52. The molecule has 5 amide bonds. The van der Waals surface area contributed by atoms with Crippen molar-refractivity contribution in [1.29, 1.82) is 0 Å². The highest BCUT2D eigenvalue weighted by molar-refractivity contribution is 6.26. The highest BCUT2D eigenvalue weighted by Crippen LogP contribution is 2.32. The number of nitrogens with one attached hydrogen (secondary N) is 2. The summed E-state index contributed by atoms with van der Waals surface area (Å²) in [6.45, 7) is 9.72. The molecule has 19 heteroatoms. The maximum absolute atomic E-state index is 13.2. The van der Waals surface area contributed by atoms with Gasteiger partial charge in [0, 0.05) is 25.3 Å². The molecule has 1 aromatic rings. The zero-order valence-electron chi connectivity index (χ0n) is 33.4. The molecule has 1 atom stereocenters. The van der Waals surface area contributed by atoms with Crippen LogP contribution in [-0.2, 0) is 61.8 Å². The van der Waals surface area contributed by atoms with Gasteiger partial charge in [0.1, 0.15) is 6.04 Å². The topological polar surface area (TPSA) is 205 Å². The molecule has 1 unspecified atom stereocenters. The van der Waals surface area contributed by atoms with Gasteiger partial charge in [0.05, 0.1) is 142 Å². The molecule has 18 nitrogen and oxygen atoms in total. The molecular formula is C39H60ClN3O15. The molecule has 1 fully saturated rings. The summed E-state index contributed by atoms with van der Waals surface area (Å²) in [7, 11) is 0. The van der Waals surface area contributed by atoms with Crippen molar-refractivity contribution in [1.82, 2.24) is 10.2 Å². The van der Waals surface area contributed by atoms with Gasteiger partial charge in [0.15, 0.2) is 0 Å². The van der Waals surface area contributed by atoms with E-state index in [1.807, 2.05) is 0 Å². The van der Waals surface area contributed by atoms with Crippen LogP contribution in [0.2, 0.25) is 0 Å². The van der Waals surface area contributed by atoms with Crippen molar-refractivity contribution in [2.75, 3.05) is 143 Å². The van der Waals surface area contributed by atoms with Crippen molar-refractivity contribution in [3.8, 4) is 0 Å². The maximum Gasteiger partial charge on any atom is 0.264 e. The number of fused-ring (bicyclic) bond motifs is 1. The number of amides is 5. The Morgan fingerprint density at radius 3 is 1.50 bits per heavy atom. The molecule has 0 radical (unpaired) electrons. The Labute approximate surface area is 345 Å². The lowest BCUT2D eigenvalue weighted by molar-refractivity contribution is -0.136. The summed E-state index contributed by atoms with van der Waals surface area (Å²) in [5.41, 5.74) is 0.380. The number of nitrogens with zero attached hydrogens (tertiary/aromatic N) is 1. The van der Waals surface area contributed by atoms with Crippen LogP contribution in [0.15, 0.2) is 18.2 Å². The number of carbonyl (C=O) groups excluding carboxylic acids is 5. The third kappa shape index (κ3) is 20.2. The summed E-state index contributed by atoms with van der Waals surface area (Å²) in [6.07, 6.45) is 2.45. The van der Waals surface area contributed by atoms with Crippen molar-refractivity contribution >= 4 is 46.8 Å². The molecule has 2 heterocycles. The van der Waals surface area contributed by atoms with Gasteiger partial charge in [-0.2, -0.15) is 0 Å². The van der Waals surface area contributed by atoms with E-state index in [9.17, 15) is 24.0 Å². The van der Waals surface area contributed by atoms with Crippen molar-refractivity contribution < 1.29 is 71.3 Å². The first-order valence-corrected chi connectivity index (χ1v) is 20.4. The fraction of sp³-hybridized carbons (Fsp3) is 0.718. The number of anilines is 1. The number of hydrogen-bond acceptors (Lipinski definition) is 15. The lowest BCUT2D eigenvalue weighted by Gasteiger charge is -2.27. The summed E-state index contributed by atoms with van der Waals surface area (Å²) in [4.78, 5) is 63.5. The van der Waals surface area contributed by atoms with Gasteiger partial charge >= 0.3 is 0 Å². The third-order valence-corrected chi connectivity index (χ3v) is 8.66. The monoisotopic (exact) mass is 845 g/mol. The van der Waals surface area contributed by atoms with Crippen molar-refractivity contribution in [2.24, 2.45) is 0 Å². The number of halogens is 1. The van der Waals surface area contributed by atoms with E-state index in [1.165, 1.54) is 6.07 Å². The number of rotatable bonds is 37. The minimum atomic E-state index is -1.07. The quantitative estimate of drug-likeness (QED) is 0.0559. The molecule has 0 spiro atoms. The number of carbonyl (C=O) groups is 5. The fourth-order valence-corrected chi connectivity index (χ4v) is 5.74. The number of alkyl halides is 1. The van der Waals surface area contributed by atoms with Crippen LogP contribution in [0, 0.1) is 0 Å². The largest absolute Gasteiger partial charge is 0.379 e. The third-order valence-electron chi connectivity index (χ3n) is 8.50. The standard InChI is InChI=1S/C39H60ClN3O15/c40-10-12-50-14-16-52-18-20-54-22-24-56-26-28-58-30-29-57-27-25-55-23-21-53-19-17-51-15-13-49-11-3-1-2-7-34(44)41-32-6-4-5-31-36(32)39(48)43(38(31)47)33-8-9-35(45)42-37(33)46/h4-6,33H,1-3,7-30H2,(H,41,44)(H,42,45,46). The molecule has 0 aliphatic carbocycles. The van der Waals surface area contributed by atoms with E-state index in [1.54, 1.807) is 12.1 Å². The molecule has 1 aromatic carbocycles. The summed E-state index contributed by atoms with van der Waals surface area (Å²) < 4.78 is 54.5. The van der Waals surface area contributed by atoms with Crippen LogP contribution in [0.1, 0.15) is 59.2 Å². The zero-order valence-corrected chi connectivity index (χ0v) is 34.1. The second kappa shape index (κ2) is 31.7. The van der Waals surface area contributed by atoms with Crippen molar-refractivity contribution in [3.63, 3.8) is 0 Å². The molecule has 328 valence electrons. The minimum absolute atomic E-state index is 0.0277. The molecule has 58 heavy (non-hydrogen) atoms. The van der Waals surface area contributed by atoms with Gasteiger partial charge in [0.2, 0.25) is 17.7 Å². The molecule has 2 aliphatic heterocycles. The van der Waals surface area contributed by atoms with Crippen LogP contribution < -0.4 is 10.6 Å². The molecule has 1 saturated heterocycles. The van der Waals surface area contributed by atoms with Crippen LogP contribution in [0.5, 0.6) is 0 Å². The Bertz CT molecular complexity index is 1360. The van der Waals surface area contributed by atoms with Gasteiger partial charge in [-0.05, 0) is 31.4 Å². The second-order valence-electron chi connectivity index (χ2n) is 12.8. The number of benzene rings is 1. The van der Waals surface area contributed by atoms with Crippen molar-refractivity contribution in [2.45, 2.75) is 44.6 Å². The Kier molecular flexibility index (Phi) is 26.9. The molecular weight excluding hydrogens is 786 g/mol. The summed E-state index contributed by atoms with van der Waals surface area (Å²) in [6, 6.07) is 3.53. The number of imide groups is 2. The normalized spacial score (nSPS) is 15.3. The Morgan fingerprint density at radius 1 is 0.603 bits per heavy atom. The van der Waals surface area contributed by atoms with E-state index in [4.69, 9.17) is 59.0 Å². The van der Waals surface area contributed by atoms with E-state index < -0.39 is 29.7 Å². The first kappa shape index (κ1) is 49.2. The molecule has 2 aliphatic rings. The molecule has 0 aromatic heterocycles. The number of unbranched alkanes of at least 4 members (excludes halogenated alkanes) is 2. The molecule has 2 N–H and O–H groups in total. The lowest BCUT2D eigenvalue weighted by Crippen LogP contribution is -2.54. The van der Waals surface area contributed by atoms with Crippen LogP contribution in [0.4, 0.5) is 5.69 Å². The highest BCUT2D eigenvalue weighted by atomic mass is 35.5. The van der Waals surface area contributed by atoms with E-state index in [0.29, 0.717) is 144 Å². The Morgan fingerprint density at radius 2 is 1.05 bits per heavy atom. The van der Waals surface area contributed by atoms with Crippen LogP contribution in [0.3, 0.4) is 0 Å². The number of piperidine rings is 1. The number of hydrogen-bond donors (Lipinski definition) is 2. The molecule has 3 rings (SSSR count). The Balaban J connectivity index is 1.02. The minimum Gasteiger partial charge on any atom is -0.379 e. The van der Waals surface area contributed by atoms with E-state index >= 15 is 0 Å². The summed E-state index contributed by atoms with van der Waals surface area (Å²) in [5, 5.41) is 4.90. The van der Waals surface area contributed by atoms with E-state index in [2.05, 4.69) is 10.6 Å². The smallest absolute Gasteiger partial charge is 0.264 e. The van der Waals surface area contributed by atoms with Gasteiger partial charge in [-0.15, -0.1) is 11.6 Å². The van der Waals surface area contributed by atoms with Crippen LogP contribution >= 0.6 is 11.6 Å². The first-order valence-electron chi connectivity index (χ1n) is 19.9. The second-order valence-corrected chi connectivity index (χ2v) is 13.2. The summed E-state index contributed by atoms with van der Waals surface area (Å²) in [5.74, 6) is -2.24. The van der Waals surface area contributed by atoms with E-state index in [0.717, 1.165) is 17.7 Å². The van der Waals surface area contributed by atoms with Crippen molar-refractivity contribution in [3.05, 3.63) is 29.3 Å². The van der Waals surface area contributed by atoms with Gasteiger partial charge in [-0.25, -0.2) is 0 Å². The van der Waals surface area contributed by atoms with Crippen LogP contribution in [-0.4, -0.2) is 178 Å². The van der Waals surface area contributed by atoms with Gasteiger partial charge in [0.25, 0.3) is 11.8 Å².